The van der Waals surface area contributed by atoms with Crippen molar-refractivity contribution in [3.05, 3.63) is 35.1 Å². The molecular weight excluding hydrogens is 312 g/mol. The van der Waals surface area contributed by atoms with Gasteiger partial charge in [-0.05, 0) is 30.2 Å². The SMILES string of the molecule is Cc1ccc(F)cc1[C@H](C(F)F)N1CCNCC1.Cl.Cl. The van der Waals surface area contributed by atoms with Crippen LogP contribution in [0.5, 0.6) is 0 Å². The van der Waals surface area contributed by atoms with Crippen molar-refractivity contribution < 1.29 is 13.2 Å². The van der Waals surface area contributed by atoms with Crippen LogP contribution in [0.4, 0.5) is 13.2 Å². The van der Waals surface area contributed by atoms with Crippen molar-refractivity contribution >= 4 is 24.8 Å². The molecule has 0 aromatic heterocycles. The predicted octanol–water partition coefficient (Wildman–Crippen LogP) is 3.19. The molecule has 20 heavy (non-hydrogen) atoms. The number of aryl methyl sites for hydroxylation is 1. The smallest absolute Gasteiger partial charge is 0.258 e. The molecule has 0 unspecified atom stereocenters. The van der Waals surface area contributed by atoms with Gasteiger partial charge in [-0.15, -0.1) is 24.8 Å². The lowest BCUT2D eigenvalue weighted by Gasteiger charge is -2.35. The molecule has 0 saturated carbocycles. The summed E-state index contributed by atoms with van der Waals surface area (Å²) in [5.41, 5.74) is 1.10. The average Bonchev–Trinajstić information content (AvgIpc) is 2.35. The van der Waals surface area contributed by atoms with Crippen molar-refractivity contribution in [3.63, 3.8) is 0 Å². The van der Waals surface area contributed by atoms with Crippen molar-refractivity contribution in [1.29, 1.82) is 0 Å². The molecule has 0 radical (unpaired) electrons. The molecule has 1 heterocycles. The summed E-state index contributed by atoms with van der Waals surface area (Å²) >= 11 is 0. The highest BCUT2D eigenvalue weighted by atomic mass is 35.5. The molecule has 1 aromatic rings. The Balaban J connectivity index is 0.00000180. The van der Waals surface area contributed by atoms with E-state index < -0.39 is 18.3 Å². The number of piperazine rings is 1. The summed E-state index contributed by atoms with van der Waals surface area (Å²) in [5, 5.41) is 3.13. The first kappa shape index (κ1) is 19.5. The Labute approximate surface area is 129 Å². The first-order chi connectivity index (χ1) is 8.59. The molecule has 2 rings (SSSR count). The minimum absolute atomic E-state index is 0. The Morgan fingerprint density at radius 2 is 1.75 bits per heavy atom. The highest BCUT2D eigenvalue weighted by molar-refractivity contribution is 5.85. The third kappa shape index (κ3) is 4.52. The fourth-order valence-electron chi connectivity index (χ4n) is 2.38. The fraction of sp³-hybridized carbons (Fsp3) is 0.538. The molecule has 1 fully saturated rings. The molecule has 0 amide bonds. The van der Waals surface area contributed by atoms with E-state index in [1.165, 1.54) is 12.1 Å². The van der Waals surface area contributed by atoms with Crippen LogP contribution in [0.25, 0.3) is 0 Å². The van der Waals surface area contributed by atoms with Crippen LogP contribution >= 0.6 is 24.8 Å². The van der Waals surface area contributed by atoms with E-state index in [-0.39, 0.29) is 24.8 Å². The van der Waals surface area contributed by atoms with Crippen LogP contribution in [0.1, 0.15) is 17.2 Å². The van der Waals surface area contributed by atoms with Crippen LogP contribution in [0.2, 0.25) is 0 Å². The quantitative estimate of drug-likeness (QED) is 0.915. The molecule has 1 saturated heterocycles. The van der Waals surface area contributed by atoms with Crippen molar-refractivity contribution in [2.24, 2.45) is 0 Å². The van der Waals surface area contributed by atoms with Crippen LogP contribution in [0.15, 0.2) is 18.2 Å². The summed E-state index contributed by atoms with van der Waals surface area (Å²) in [5.74, 6) is -0.462. The zero-order chi connectivity index (χ0) is 13.1. The van der Waals surface area contributed by atoms with Gasteiger partial charge in [-0.2, -0.15) is 0 Å². The van der Waals surface area contributed by atoms with Gasteiger partial charge in [0.25, 0.3) is 6.43 Å². The molecule has 116 valence electrons. The van der Waals surface area contributed by atoms with Crippen molar-refractivity contribution in [3.8, 4) is 0 Å². The van der Waals surface area contributed by atoms with E-state index in [1.807, 2.05) is 0 Å². The van der Waals surface area contributed by atoms with E-state index in [0.717, 1.165) is 0 Å². The van der Waals surface area contributed by atoms with Gasteiger partial charge >= 0.3 is 0 Å². The largest absolute Gasteiger partial charge is 0.314 e. The Kier molecular flexibility index (Phi) is 8.51. The summed E-state index contributed by atoms with van der Waals surface area (Å²) < 4.78 is 39.9. The van der Waals surface area contributed by atoms with Gasteiger partial charge in [-0.1, -0.05) is 6.07 Å². The molecule has 0 spiro atoms. The summed E-state index contributed by atoms with van der Waals surface area (Å²) in [6, 6.07) is 3.08. The van der Waals surface area contributed by atoms with Crippen molar-refractivity contribution in [2.45, 2.75) is 19.4 Å². The molecule has 1 aliphatic heterocycles. The average molecular weight is 331 g/mol. The van der Waals surface area contributed by atoms with Gasteiger partial charge < -0.3 is 5.32 Å². The number of halogens is 5. The highest BCUT2D eigenvalue weighted by Crippen LogP contribution is 2.30. The number of nitrogens with zero attached hydrogens (tertiary/aromatic N) is 1. The Morgan fingerprint density at radius 3 is 2.30 bits per heavy atom. The monoisotopic (exact) mass is 330 g/mol. The Morgan fingerprint density at radius 1 is 1.15 bits per heavy atom. The maximum Gasteiger partial charge on any atom is 0.258 e. The normalized spacial score (nSPS) is 17.2. The molecule has 0 bridgehead atoms. The maximum atomic E-state index is 13.3. The third-order valence-corrected chi connectivity index (χ3v) is 3.34. The third-order valence-electron chi connectivity index (χ3n) is 3.34. The molecule has 1 atom stereocenters. The minimum atomic E-state index is -2.51. The maximum absolute atomic E-state index is 13.3. The van der Waals surface area contributed by atoms with Gasteiger partial charge in [-0.3, -0.25) is 4.90 Å². The van der Waals surface area contributed by atoms with Crippen LogP contribution in [0.3, 0.4) is 0 Å². The molecule has 0 aliphatic carbocycles. The zero-order valence-corrected chi connectivity index (χ0v) is 12.7. The van der Waals surface area contributed by atoms with Crippen molar-refractivity contribution in [2.75, 3.05) is 26.2 Å². The van der Waals surface area contributed by atoms with Crippen LogP contribution in [-0.4, -0.2) is 37.5 Å². The van der Waals surface area contributed by atoms with Gasteiger partial charge in [-0.25, -0.2) is 13.2 Å². The summed E-state index contributed by atoms with van der Waals surface area (Å²) in [7, 11) is 0. The molecular formula is C13H19Cl2F3N2. The second kappa shape index (κ2) is 8.72. The van der Waals surface area contributed by atoms with E-state index in [1.54, 1.807) is 17.9 Å². The summed E-state index contributed by atoms with van der Waals surface area (Å²) in [6.45, 7) is 4.25. The lowest BCUT2D eigenvalue weighted by atomic mass is 9.99. The van der Waals surface area contributed by atoms with Gasteiger partial charge in [0.2, 0.25) is 0 Å². The van der Waals surface area contributed by atoms with Gasteiger partial charge in [0.1, 0.15) is 5.82 Å². The molecule has 2 nitrogen and oxygen atoms in total. The number of rotatable bonds is 3. The second-order valence-corrected chi connectivity index (χ2v) is 4.57. The number of nitrogens with one attached hydrogen (secondary N) is 1. The lowest BCUT2D eigenvalue weighted by Crippen LogP contribution is -2.47. The first-order valence-corrected chi connectivity index (χ1v) is 6.08. The second-order valence-electron chi connectivity index (χ2n) is 4.57. The first-order valence-electron chi connectivity index (χ1n) is 6.08. The van der Waals surface area contributed by atoms with Crippen LogP contribution in [-0.2, 0) is 0 Å². The van der Waals surface area contributed by atoms with Gasteiger partial charge in [0.15, 0.2) is 0 Å². The highest BCUT2D eigenvalue weighted by Gasteiger charge is 2.31. The van der Waals surface area contributed by atoms with E-state index in [2.05, 4.69) is 5.32 Å². The molecule has 7 heteroatoms. The Hall–Kier alpha value is -0.490. The fourth-order valence-corrected chi connectivity index (χ4v) is 2.38. The number of benzene rings is 1. The lowest BCUT2D eigenvalue weighted by molar-refractivity contribution is 0.0177. The summed E-state index contributed by atoms with van der Waals surface area (Å²) in [6.07, 6.45) is -2.51. The Bertz CT molecular complexity index is 413. The van der Waals surface area contributed by atoms with Crippen LogP contribution < -0.4 is 5.32 Å². The van der Waals surface area contributed by atoms with E-state index in [0.29, 0.717) is 37.3 Å². The van der Waals surface area contributed by atoms with Crippen LogP contribution in [0, 0.1) is 12.7 Å². The van der Waals surface area contributed by atoms with E-state index in [4.69, 9.17) is 0 Å². The van der Waals surface area contributed by atoms with Gasteiger partial charge in [0, 0.05) is 26.2 Å². The standard InChI is InChI=1S/C13H17F3N2.2ClH/c1-9-2-3-10(14)8-11(9)12(13(15)16)18-6-4-17-5-7-18;;/h2-3,8,12-13,17H,4-7H2,1H3;2*1H/t12-;;/m1../s1. The number of hydrogen-bond acceptors (Lipinski definition) is 2. The predicted molar refractivity (Wildman–Crippen MR) is 78.8 cm³/mol. The van der Waals surface area contributed by atoms with E-state index >= 15 is 0 Å². The molecule has 1 N–H and O–H groups in total. The van der Waals surface area contributed by atoms with Crippen molar-refractivity contribution in [1.82, 2.24) is 10.2 Å². The zero-order valence-electron chi connectivity index (χ0n) is 11.1. The number of alkyl halides is 2. The summed E-state index contributed by atoms with van der Waals surface area (Å²) in [4.78, 5) is 1.73. The van der Waals surface area contributed by atoms with E-state index in [9.17, 15) is 13.2 Å². The molecule has 1 aliphatic rings. The van der Waals surface area contributed by atoms with Gasteiger partial charge in [0.05, 0.1) is 6.04 Å². The number of hydrogen-bond donors (Lipinski definition) is 1. The topological polar surface area (TPSA) is 15.3 Å². The molecule has 1 aromatic carbocycles. The minimum Gasteiger partial charge on any atom is -0.314 e.